The first-order valence-corrected chi connectivity index (χ1v) is 19.0. The third kappa shape index (κ3) is 4.99. The molecular weight excluding hydrogens is 590 g/mol. The van der Waals surface area contributed by atoms with Gasteiger partial charge in [-0.1, -0.05) is 65.0 Å². The summed E-state index contributed by atoms with van der Waals surface area (Å²) in [6, 6.07) is 9.53. The summed E-state index contributed by atoms with van der Waals surface area (Å²) < 4.78 is 0. The number of hydrogen-bond donors (Lipinski definition) is 2. The molecule has 1 aromatic carbocycles. The van der Waals surface area contributed by atoms with E-state index in [0.717, 1.165) is 37.5 Å². The van der Waals surface area contributed by atoms with Crippen LogP contribution in [0.5, 0.6) is 0 Å². The lowest BCUT2D eigenvalue weighted by Crippen LogP contribution is -2.68. The number of carboxylic acids is 1. The van der Waals surface area contributed by atoms with Crippen molar-refractivity contribution >= 4 is 11.5 Å². The third-order valence-electron chi connectivity index (χ3n) is 15.8. The van der Waals surface area contributed by atoms with Crippen LogP contribution in [0.25, 0.3) is 5.57 Å². The Kier molecular flexibility index (Phi) is 8.37. The topological polar surface area (TPSA) is 75.1 Å². The minimum absolute atomic E-state index is 0.0315. The summed E-state index contributed by atoms with van der Waals surface area (Å²) in [6.07, 6.45) is 19.8. The van der Waals surface area contributed by atoms with Gasteiger partial charge in [-0.25, -0.2) is 14.8 Å². The molecule has 0 aliphatic heterocycles. The molecule has 0 bridgehead atoms. The summed E-state index contributed by atoms with van der Waals surface area (Å²) in [5.41, 5.74) is 5.49. The van der Waals surface area contributed by atoms with Crippen LogP contribution in [-0.2, 0) is 6.42 Å². The number of allylic oxidation sites excluding steroid dienone is 3. The van der Waals surface area contributed by atoms with Crippen LogP contribution in [0.1, 0.15) is 127 Å². The molecule has 2 aromatic rings. The van der Waals surface area contributed by atoms with Crippen LogP contribution in [0.4, 0.5) is 0 Å². The van der Waals surface area contributed by atoms with E-state index in [1.165, 1.54) is 68.1 Å². The van der Waals surface area contributed by atoms with E-state index in [1.54, 1.807) is 12.1 Å². The molecule has 4 fully saturated rings. The second kappa shape index (κ2) is 11.9. The summed E-state index contributed by atoms with van der Waals surface area (Å²) >= 11 is 0. The number of carboxylic acid groups (broad SMARTS) is 1. The largest absolute Gasteiger partial charge is 0.478 e. The Morgan fingerprint density at radius 1 is 0.917 bits per heavy atom. The number of carbonyl (C=O) groups is 1. The molecule has 9 atom stereocenters. The lowest BCUT2D eigenvalue weighted by molar-refractivity contribution is -0.219. The van der Waals surface area contributed by atoms with E-state index in [9.17, 15) is 9.90 Å². The van der Waals surface area contributed by atoms with Gasteiger partial charge in [0.1, 0.15) is 5.82 Å². The summed E-state index contributed by atoms with van der Waals surface area (Å²) in [5, 5.41) is 13.7. The quantitative estimate of drug-likeness (QED) is 0.220. The van der Waals surface area contributed by atoms with Gasteiger partial charge in [-0.05, 0) is 158 Å². The van der Waals surface area contributed by atoms with Gasteiger partial charge in [-0.3, -0.25) is 0 Å². The number of rotatable bonds is 8. The van der Waals surface area contributed by atoms with Crippen molar-refractivity contribution in [3.63, 3.8) is 0 Å². The Hall–Kier alpha value is -2.79. The molecule has 1 aromatic heterocycles. The highest BCUT2D eigenvalue weighted by atomic mass is 16.4. The van der Waals surface area contributed by atoms with E-state index >= 15 is 0 Å². The SMILES string of the molecule is C=C(C)[C@@H]1CC[C@]2(NCCCc3ncccn3)CC[C@]3(C)[C@H](CC[C@@H]4[C@@]5(C)CC=C(c6ccc(C(=O)O)cc6)C(C)(C)[C@@H]5CC[C@]43C)[C@@H]12. The standard InChI is InChI=1S/C43H59N3O2/c1-28(2)31-17-22-43(46-27-8-10-36-44-25-9-26-45-36)24-23-41(6)33(37(31)43)15-16-35-40(5)20-18-32(29-11-13-30(14-12-29)38(47)48)39(3,4)34(40)19-21-42(35,41)7/h9,11-14,18,25-26,31,33-35,37,46H,1,8,10,15-17,19-24,27H2,2-7H3,(H,47,48)/t31-,33+,34-,35+,37+,40-,41+,42+,43-/m0/s1. The molecule has 0 spiro atoms. The maximum Gasteiger partial charge on any atom is 0.335 e. The predicted octanol–water partition coefficient (Wildman–Crippen LogP) is 9.80. The second-order valence-electron chi connectivity index (χ2n) is 18.0. The Morgan fingerprint density at radius 2 is 1.65 bits per heavy atom. The first kappa shape index (κ1) is 33.7. The van der Waals surface area contributed by atoms with Gasteiger partial charge in [0, 0.05) is 24.4 Å². The third-order valence-corrected chi connectivity index (χ3v) is 15.8. The number of hydrogen-bond acceptors (Lipinski definition) is 4. The maximum atomic E-state index is 11.5. The van der Waals surface area contributed by atoms with Crippen molar-refractivity contribution in [1.29, 1.82) is 0 Å². The fraction of sp³-hybridized carbons (Fsp3) is 0.651. The second-order valence-corrected chi connectivity index (χ2v) is 18.0. The van der Waals surface area contributed by atoms with E-state index in [2.05, 4.69) is 69.5 Å². The highest BCUT2D eigenvalue weighted by molar-refractivity contribution is 5.88. The Morgan fingerprint density at radius 3 is 2.33 bits per heavy atom. The molecule has 258 valence electrons. The number of aryl methyl sites for hydroxylation is 1. The zero-order valence-corrected chi connectivity index (χ0v) is 30.4. The molecule has 5 aliphatic rings. The first-order chi connectivity index (χ1) is 22.8. The Bertz CT molecular complexity index is 1580. The predicted molar refractivity (Wildman–Crippen MR) is 194 cm³/mol. The molecule has 5 nitrogen and oxygen atoms in total. The molecule has 48 heavy (non-hydrogen) atoms. The van der Waals surface area contributed by atoms with Crippen LogP contribution in [0.3, 0.4) is 0 Å². The normalized spacial score (nSPS) is 39.7. The van der Waals surface area contributed by atoms with Gasteiger partial charge in [0.15, 0.2) is 0 Å². The molecule has 7 rings (SSSR count). The van der Waals surface area contributed by atoms with Crippen molar-refractivity contribution < 1.29 is 9.90 Å². The van der Waals surface area contributed by atoms with Gasteiger partial charge >= 0.3 is 5.97 Å². The molecule has 1 heterocycles. The van der Waals surface area contributed by atoms with E-state index in [4.69, 9.17) is 0 Å². The molecule has 0 unspecified atom stereocenters. The van der Waals surface area contributed by atoms with Crippen molar-refractivity contribution in [1.82, 2.24) is 15.3 Å². The summed E-state index contributed by atoms with van der Waals surface area (Å²) in [6.45, 7) is 21.0. The summed E-state index contributed by atoms with van der Waals surface area (Å²) in [4.78, 5) is 20.5. The van der Waals surface area contributed by atoms with Gasteiger partial charge in [0.2, 0.25) is 0 Å². The smallest absolute Gasteiger partial charge is 0.335 e. The highest BCUT2D eigenvalue weighted by Crippen LogP contribution is 2.76. The molecule has 2 N–H and O–H groups in total. The number of aromatic carboxylic acids is 1. The van der Waals surface area contributed by atoms with Gasteiger partial charge in [0.05, 0.1) is 5.56 Å². The van der Waals surface area contributed by atoms with E-state index < -0.39 is 5.97 Å². The van der Waals surface area contributed by atoms with Crippen molar-refractivity contribution in [2.45, 2.75) is 118 Å². The molecule has 0 saturated heterocycles. The molecule has 5 heteroatoms. The number of benzene rings is 1. The van der Waals surface area contributed by atoms with E-state index in [1.807, 2.05) is 30.6 Å². The van der Waals surface area contributed by atoms with Crippen LogP contribution in [0.15, 0.2) is 61.0 Å². The van der Waals surface area contributed by atoms with Crippen LogP contribution < -0.4 is 5.32 Å². The van der Waals surface area contributed by atoms with Crippen LogP contribution >= 0.6 is 0 Å². The molecule has 4 saturated carbocycles. The fourth-order valence-corrected chi connectivity index (χ4v) is 13.4. The Balaban J connectivity index is 1.16. The number of aromatic nitrogens is 2. The number of fused-ring (bicyclic) bond motifs is 7. The summed E-state index contributed by atoms with van der Waals surface area (Å²) in [5.74, 6) is 3.39. The van der Waals surface area contributed by atoms with Gasteiger partial charge in [-0.2, -0.15) is 0 Å². The van der Waals surface area contributed by atoms with Gasteiger partial charge < -0.3 is 10.4 Å². The molecular formula is C43H59N3O2. The average Bonchev–Trinajstić information content (AvgIpc) is 3.44. The number of nitrogens with zero attached hydrogens (tertiary/aromatic N) is 2. The van der Waals surface area contributed by atoms with Crippen molar-refractivity contribution in [2.24, 2.45) is 51.2 Å². The zero-order chi connectivity index (χ0) is 34.1. The van der Waals surface area contributed by atoms with Crippen LogP contribution in [-0.4, -0.2) is 33.1 Å². The lowest BCUT2D eigenvalue weighted by atomic mass is 9.33. The minimum atomic E-state index is -0.859. The van der Waals surface area contributed by atoms with Crippen LogP contribution in [0.2, 0.25) is 0 Å². The molecule has 0 amide bonds. The average molecular weight is 650 g/mol. The van der Waals surface area contributed by atoms with Gasteiger partial charge in [-0.15, -0.1) is 0 Å². The Labute approximate surface area is 289 Å². The fourth-order valence-electron chi connectivity index (χ4n) is 13.4. The van der Waals surface area contributed by atoms with Crippen molar-refractivity contribution in [3.8, 4) is 0 Å². The number of nitrogens with one attached hydrogen (secondary N) is 1. The lowest BCUT2D eigenvalue weighted by Gasteiger charge is -2.72. The van der Waals surface area contributed by atoms with Gasteiger partial charge in [0.25, 0.3) is 0 Å². The van der Waals surface area contributed by atoms with E-state index in [-0.39, 0.29) is 16.4 Å². The maximum absolute atomic E-state index is 11.5. The summed E-state index contributed by atoms with van der Waals surface area (Å²) in [7, 11) is 0. The zero-order valence-electron chi connectivity index (χ0n) is 30.4. The van der Waals surface area contributed by atoms with Crippen molar-refractivity contribution in [3.05, 3.63) is 77.9 Å². The minimum Gasteiger partial charge on any atom is -0.478 e. The van der Waals surface area contributed by atoms with Crippen molar-refractivity contribution in [2.75, 3.05) is 6.54 Å². The first-order valence-electron chi connectivity index (χ1n) is 19.0. The van der Waals surface area contributed by atoms with E-state index in [0.29, 0.717) is 40.1 Å². The molecule has 5 aliphatic carbocycles. The molecule has 0 radical (unpaired) electrons. The van der Waals surface area contributed by atoms with Crippen LogP contribution in [0, 0.1) is 51.2 Å². The highest BCUT2D eigenvalue weighted by Gasteiger charge is 2.70. The monoisotopic (exact) mass is 649 g/mol.